The van der Waals surface area contributed by atoms with E-state index in [0.29, 0.717) is 0 Å². The molecule has 2 aromatic rings. The molecule has 0 aliphatic heterocycles. The van der Waals surface area contributed by atoms with Gasteiger partial charge in [0, 0.05) is 0 Å². The number of hydrogen-bond acceptors (Lipinski definition) is 3. The quantitative estimate of drug-likeness (QED) is 0.805. The largest absolute Gasteiger partial charge is 0.433 e. The molecule has 1 aromatic heterocycles. The van der Waals surface area contributed by atoms with E-state index in [4.69, 9.17) is 16.9 Å². The molecule has 0 bridgehead atoms. The Morgan fingerprint density at radius 3 is 2.43 bits per heavy atom. The summed E-state index contributed by atoms with van der Waals surface area (Å²) in [5.41, 5.74) is -5.17. The standard InChI is InChI=1S/C13H6ClF4N3O2/c1-5-2-8(7(15)3-6(5)4-19)21-11(22)9(14)10(13(16,17)18)20-12(21)23/h2-3H,1H3,(H,20,23). The summed E-state index contributed by atoms with van der Waals surface area (Å²) < 4.78 is 52.2. The highest BCUT2D eigenvalue weighted by Gasteiger charge is 2.37. The summed E-state index contributed by atoms with van der Waals surface area (Å²) in [4.78, 5) is 25.2. The molecule has 10 heteroatoms. The summed E-state index contributed by atoms with van der Waals surface area (Å²) in [5, 5.41) is 7.49. The molecule has 0 amide bonds. The van der Waals surface area contributed by atoms with Gasteiger partial charge in [0.2, 0.25) is 0 Å². The number of nitrogens with one attached hydrogen (secondary N) is 1. The molecule has 5 nitrogen and oxygen atoms in total. The van der Waals surface area contributed by atoms with Crippen molar-refractivity contribution >= 4 is 11.6 Å². The predicted octanol–water partition coefficient (Wildman–Crippen LogP) is 2.52. The molecule has 1 aromatic carbocycles. The van der Waals surface area contributed by atoms with Crippen molar-refractivity contribution in [3.63, 3.8) is 0 Å². The highest BCUT2D eigenvalue weighted by molar-refractivity contribution is 6.31. The van der Waals surface area contributed by atoms with Crippen molar-refractivity contribution in [2.75, 3.05) is 0 Å². The van der Waals surface area contributed by atoms with Gasteiger partial charge in [-0.25, -0.2) is 13.8 Å². The molecule has 1 heterocycles. The van der Waals surface area contributed by atoms with Crippen LogP contribution in [0.15, 0.2) is 21.7 Å². The molecule has 23 heavy (non-hydrogen) atoms. The molecule has 0 fully saturated rings. The van der Waals surface area contributed by atoms with Crippen LogP contribution >= 0.6 is 11.6 Å². The Morgan fingerprint density at radius 2 is 1.91 bits per heavy atom. The average Bonchev–Trinajstić information content (AvgIpc) is 2.45. The number of hydrogen-bond donors (Lipinski definition) is 1. The first-order valence-corrected chi connectivity index (χ1v) is 6.28. The van der Waals surface area contributed by atoms with Gasteiger partial charge in [-0.1, -0.05) is 11.6 Å². The highest BCUT2D eigenvalue weighted by atomic mass is 35.5. The monoisotopic (exact) mass is 347 g/mol. The molecule has 0 aliphatic rings. The van der Waals surface area contributed by atoms with Crippen molar-refractivity contribution in [2.24, 2.45) is 0 Å². The van der Waals surface area contributed by atoms with Gasteiger partial charge in [-0.2, -0.15) is 18.4 Å². The summed E-state index contributed by atoms with van der Waals surface area (Å²) in [5.74, 6) is -1.13. The zero-order valence-corrected chi connectivity index (χ0v) is 12.0. The molecule has 0 saturated carbocycles. The number of benzene rings is 1. The van der Waals surface area contributed by atoms with Gasteiger partial charge < -0.3 is 4.98 Å². The fourth-order valence-corrected chi connectivity index (χ4v) is 2.13. The van der Waals surface area contributed by atoms with Gasteiger partial charge in [0.25, 0.3) is 5.56 Å². The second-order valence-corrected chi connectivity index (χ2v) is 4.87. The molecule has 2 rings (SSSR count). The van der Waals surface area contributed by atoms with E-state index in [1.165, 1.54) is 11.9 Å². The van der Waals surface area contributed by atoms with E-state index in [1.807, 2.05) is 0 Å². The Morgan fingerprint density at radius 1 is 1.30 bits per heavy atom. The molecule has 0 spiro atoms. The number of halogens is 5. The maximum atomic E-state index is 14.0. The number of aromatic amines is 1. The molecule has 0 radical (unpaired) electrons. The van der Waals surface area contributed by atoms with Gasteiger partial charge in [0.1, 0.15) is 16.5 Å². The topological polar surface area (TPSA) is 78.7 Å². The first-order valence-electron chi connectivity index (χ1n) is 5.90. The summed E-state index contributed by atoms with van der Waals surface area (Å²) >= 11 is 5.36. The van der Waals surface area contributed by atoms with Crippen LogP contribution < -0.4 is 11.2 Å². The lowest BCUT2D eigenvalue weighted by molar-refractivity contribution is -0.141. The number of alkyl halides is 3. The second-order valence-electron chi connectivity index (χ2n) is 4.49. The zero-order valence-electron chi connectivity index (χ0n) is 11.3. The minimum Gasteiger partial charge on any atom is -0.301 e. The van der Waals surface area contributed by atoms with Crippen molar-refractivity contribution in [1.82, 2.24) is 9.55 Å². The van der Waals surface area contributed by atoms with Crippen LogP contribution in [0.4, 0.5) is 17.6 Å². The lowest BCUT2D eigenvalue weighted by Gasteiger charge is -2.12. The number of rotatable bonds is 1. The zero-order chi connectivity index (χ0) is 17.5. The molecule has 0 unspecified atom stereocenters. The van der Waals surface area contributed by atoms with Gasteiger partial charge >= 0.3 is 11.9 Å². The normalized spacial score (nSPS) is 11.3. The van der Waals surface area contributed by atoms with Gasteiger partial charge in [-0.3, -0.25) is 4.79 Å². The van der Waals surface area contributed by atoms with E-state index in [9.17, 15) is 27.2 Å². The smallest absolute Gasteiger partial charge is 0.301 e. The van der Waals surface area contributed by atoms with Crippen molar-refractivity contribution in [2.45, 2.75) is 13.1 Å². The SMILES string of the molecule is Cc1cc(-n2c(=O)[nH]c(C(F)(F)F)c(Cl)c2=O)c(F)cc1C#N. The van der Waals surface area contributed by atoms with Crippen LogP contribution in [0.3, 0.4) is 0 Å². The molecule has 120 valence electrons. The summed E-state index contributed by atoms with van der Waals surface area (Å²) in [7, 11) is 0. The van der Waals surface area contributed by atoms with Crippen LogP contribution in [0.2, 0.25) is 5.02 Å². The average molecular weight is 348 g/mol. The fourth-order valence-electron chi connectivity index (χ4n) is 1.89. The van der Waals surface area contributed by atoms with E-state index in [-0.39, 0.29) is 15.7 Å². The van der Waals surface area contributed by atoms with Gasteiger partial charge in [0.15, 0.2) is 0 Å². The van der Waals surface area contributed by atoms with Crippen molar-refractivity contribution in [3.8, 4) is 11.8 Å². The Balaban J connectivity index is 2.85. The molecular weight excluding hydrogens is 342 g/mol. The summed E-state index contributed by atoms with van der Waals surface area (Å²) in [6.07, 6.45) is -5.05. The number of nitrogens with zero attached hydrogens (tertiary/aromatic N) is 2. The molecule has 0 aliphatic carbocycles. The minimum atomic E-state index is -5.05. The lowest BCUT2D eigenvalue weighted by Crippen LogP contribution is -2.37. The fraction of sp³-hybridized carbons (Fsp3) is 0.154. The van der Waals surface area contributed by atoms with E-state index in [0.717, 1.165) is 12.1 Å². The van der Waals surface area contributed by atoms with E-state index in [1.54, 1.807) is 6.07 Å². The maximum Gasteiger partial charge on any atom is 0.433 e. The van der Waals surface area contributed by atoms with Crippen LogP contribution in [0.25, 0.3) is 5.69 Å². The van der Waals surface area contributed by atoms with E-state index in [2.05, 4.69) is 0 Å². The van der Waals surface area contributed by atoms with Crippen LogP contribution in [-0.4, -0.2) is 9.55 Å². The number of aryl methyl sites for hydroxylation is 1. The number of nitriles is 1. The van der Waals surface area contributed by atoms with E-state index < -0.39 is 39.6 Å². The Hall–Kier alpha value is -2.60. The van der Waals surface area contributed by atoms with Crippen molar-refractivity contribution in [1.29, 1.82) is 5.26 Å². The van der Waals surface area contributed by atoms with Gasteiger partial charge in [0.05, 0.1) is 17.3 Å². The van der Waals surface area contributed by atoms with Crippen molar-refractivity contribution < 1.29 is 17.6 Å². The number of H-pyrrole nitrogens is 1. The third-order valence-electron chi connectivity index (χ3n) is 2.98. The minimum absolute atomic E-state index is 0.0475. The Labute approximate surface area is 130 Å². The molecule has 0 atom stereocenters. The second kappa shape index (κ2) is 5.55. The number of aromatic nitrogens is 2. The summed E-state index contributed by atoms with van der Waals surface area (Å²) in [6.45, 7) is 1.41. The lowest BCUT2D eigenvalue weighted by atomic mass is 10.1. The first kappa shape index (κ1) is 16.8. The van der Waals surface area contributed by atoms with Gasteiger partial charge in [-0.15, -0.1) is 0 Å². The van der Waals surface area contributed by atoms with Crippen LogP contribution in [0.1, 0.15) is 16.8 Å². The van der Waals surface area contributed by atoms with E-state index >= 15 is 0 Å². The van der Waals surface area contributed by atoms with Crippen LogP contribution in [-0.2, 0) is 6.18 Å². The molecule has 0 saturated heterocycles. The Bertz CT molecular complexity index is 954. The van der Waals surface area contributed by atoms with Crippen LogP contribution in [0, 0.1) is 24.1 Å². The van der Waals surface area contributed by atoms with Gasteiger partial charge in [-0.05, 0) is 24.6 Å². The molecular formula is C13H6ClF4N3O2. The van der Waals surface area contributed by atoms with Crippen LogP contribution in [0.5, 0.6) is 0 Å². The Kier molecular flexibility index (Phi) is 4.05. The first-order chi connectivity index (χ1) is 10.6. The predicted molar refractivity (Wildman–Crippen MR) is 72.1 cm³/mol. The third-order valence-corrected chi connectivity index (χ3v) is 3.33. The highest BCUT2D eigenvalue weighted by Crippen LogP contribution is 2.30. The van der Waals surface area contributed by atoms with Crippen molar-refractivity contribution in [3.05, 3.63) is 60.6 Å². The summed E-state index contributed by atoms with van der Waals surface area (Å²) in [6, 6.07) is 3.46. The third kappa shape index (κ3) is 2.85. The maximum absolute atomic E-state index is 14.0. The molecule has 1 N–H and O–H groups in total.